The van der Waals surface area contributed by atoms with E-state index in [0.29, 0.717) is 29.9 Å². The van der Waals surface area contributed by atoms with Gasteiger partial charge in [-0.05, 0) is 43.2 Å². The maximum atomic E-state index is 13.4. The van der Waals surface area contributed by atoms with Gasteiger partial charge in [0, 0.05) is 12.1 Å². The number of sulfonamides is 1. The maximum absolute atomic E-state index is 13.4. The second-order valence-corrected chi connectivity index (χ2v) is 7.54. The monoisotopic (exact) mass is 338 g/mol. The Morgan fingerprint density at radius 3 is 2.65 bits per heavy atom. The van der Waals surface area contributed by atoms with E-state index in [2.05, 4.69) is 4.98 Å². The Kier molecular flexibility index (Phi) is 4.16. The molecule has 1 fully saturated rings. The molecule has 3 rings (SSSR count). The Balaban J connectivity index is 1.98. The summed E-state index contributed by atoms with van der Waals surface area (Å²) < 4.78 is 51.6. The van der Waals surface area contributed by atoms with Crippen molar-refractivity contribution < 1.29 is 17.2 Å². The molecule has 4 nitrogen and oxygen atoms in total. The smallest absolute Gasteiger partial charge is 0.211 e. The first-order chi connectivity index (χ1) is 10.9. The van der Waals surface area contributed by atoms with Crippen molar-refractivity contribution in [3.8, 4) is 11.3 Å². The van der Waals surface area contributed by atoms with Crippen molar-refractivity contribution in [2.75, 3.05) is 12.8 Å². The van der Waals surface area contributed by atoms with Gasteiger partial charge in [0.2, 0.25) is 10.0 Å². The minimum Gasteiger partial charge on any atom is -0.251 e. The molecule has 1 aliphatic heterocycles. The average Bonchev–Trinajstić information content (AvgIpc) is 3.00. The highest BCUT2D eigenvalue weighted by Gasteiger charge is 2.33. The normalized spacial score (nSPS) is 19.2. The van der Waals surface area contributed by atoms with E-state index in [-0.39, 0.29) is 6.04 Å². The van der Waals surface area contributed by atoms with Crippen molar-refractivity contribution in [3.05, 3.63) is 53.7 Å². The molecule has 0 N–H and O–H groups in total. The minimum atomic E-state index is -3.31. The van der Waals surface area contributed by atoms with Crippen molar-refractivity contribution >= 4 is 10.0 Å². The zero-order valence-corrected chi connectivity index (χ0v) is 13.4. The summed E-state index contributed by atoms with van der Waals surface area (Å²) in [6.45, 7) is 0.473. The number of aromatic nitrogens is 1. The molecule has 0 radical (unpaired) electrons. The highest BCUT2D eigenvalue weighted by molar-refractivity contribution is 7.88. The molecular weight excluding hydrogens is 322 g/mol. The summed E-state index contributed by atoms with van der Waals surface area (Å²) in [5.74, 6) is -1.85. The molecule has 2 heterocycles. The van der Waals surface area contributed by atoms with Gasteiger partial charge in [-0.25, -0.2) is 17.2 Å². The summed E-state index contributed by atoms with van der Waals surface area (Å²) in [5.41, 5.74) is 1.56. The number of hydrogen-bond donors (Lipinski definition) is 0. The molecule has 2 aromatic rings. The van der Waals surface area contributed by atoms with Crippen LogP contribution in [0.1, 0.15) is 24.6 Å². The quantitative estimate of drug-likeness (QED) is 0.864. The van der Waals surface area contributed by atoms with Gasteiger partial charge in [0.15, 0.2) is 11.6 Å². The van der Waals surface area contributed by atoms with Crippen molar-refractivity contribution in [3.63, 3.8) is 0 Å². The van der Waals surface area contributed by atoms with Gasteiger partial charge in [0.25, 0.3) is 0 Å². The Morgan fingerprint density at radius 1 is 1.17 bits per heavy atom. The molecule has 122 valence electrons. The van der Waals surface area contributed by atoms with E-state index in [1.165, 1.54) is 16.6 Å². The van der Waals surface area contributed by atoms with Crippen LogP contribution in [-0.4, -0.2) is 30.5 Å². The fraction of sp³-hybridized carbons (Fsp3) is 0.312. The summed E-state index contributed by atoms with van der Waals surface area (Å²) >= 11 is 0. The van der Waals surface area contributed by atoms with Gasteiger partial charge in [0.05, 0.1) is 23.7 Å². The molecular formula is C16H16F2N2O2S. The maximum Gasteiger partial charge on any atom is 0.211 e. The van der Waals surface area contributed by atoms with E-state index in [9.17, 15) is 17.2 Å². The number of hydrogen-bond acceptors (Lipinski definition) is 3. The molecule has 0 amide bonds. The molecule has 23 heavy (non-hydrogen) atoms. The van der Waals surface area contributed by atoms with Crippen LogP contribution in [0.25, 0.3) is 11.3 Å². The molecule has 0 aliphatic carbocycles. The number of nitrogens with zero attached hydrogens (tertiary/aromatic N) is 2. The SMILES string of the molecule is CS(=O)(=O)N1CCC[C@H]1c1cccc(-c2ccc(F)c(F)c2)n1. The Hall–Kier alpha value is -1.86. The number of rotatable bonds is 3. The van der Waals surface area contributed by atoms with Crippen LogP contribution in [0.2, 0.25) is 0 Å². The average molecular weight is 338 g/mol. The second-order valence-electron chi connectivity index (χ2n) is 5.61. The van der Waals surface area contributed by atoms with Crippen LogP contribution in [0, 0.1) is 11.6 Å². The third-order valence-corrected chi connectivity index (χ3v) is 5.25. The zero-order chi connectivity index (χ0) is 16.6. The minimum absolute atomic E-state index is 0.310. The predicted molar refractivity (Wildman–Crippen MR) is 83.1 cm³/mol. The fourth-order valence-corrected chi connectivity index (χ4v) is 4.02. The number of benzene rings is 1. The van der Waals surface area contributed by atoms with Crippen LogP contribution in [0.3, 0.4) is 0 Å². The standard InChI is InChI=1S/C16H16F2N2O2S/c1-23(21,22)20-9-3-6-16(20)15-5-2-4-14(19-15)11-7-8-12(17)13(18)10-11/h2,4-5,7-8,10,16H,3,6,9H2,1H3/t16-/m0/s1. The lowest BCUT2D eigenvalue weighted by molar-refractivity contribution is 0.394. The third-order valence-electron chi connectivity index (χ3n) is 3.96. The lowest BCUT2D eigenvalue weighted by Crippen LogP contribution is -2.29. The van der Waals surface area contributed by atoms with Gasteiger partial charge in [-0.2, -0.15) is 4.31 Å². The van der Waals surface area contributed by atoms with E-state index in [0.717, 1.165) is 18.6 Å². The van der Waals surface area contributed by atoms with E-state index in [1.54, 1.807) is 18.2 Å². The lowest BCUT2D eigenvalue weighted by Gasteiger charge is -2.22. The van der Waals surface area contributed by atoms with Crippen LogP contribution in [0.15, 0.2) is 36.4 Å². The van der Waals surface area contributed by atoms with Crippen LogP contribution in [-0.2, 0) is 10.0 Å². The van der Waals surface area contributed by atoms with Gasteiger partial charge in [-0.3, -0.25) is 4.98 Å². The Bertz CT molecular complexity index is 840. The lowest BCUT2D eigenvalue weighted by atomic mass is 10.1. The number of halogens is 2. The van der Waals surface area contributed by atoms with Gasteiger partial charge in [0.1, 0.15) is 0 Å². The highest BCUT2D eigenvalue weighted by Crippen LogP contribution is 2.33. The third kappa shape index (κ3) is 3.25. The van der Waals surface area contributed by atoms with Crippen molar-refractivity contribution in [2.24, 2.45) is 0 Å². The largest absolute Gasteiger partial charge is 0.251 e. The first-order valence-corrected chi connectivity index (χ1v) is 9.10. The summed E-state index contributed by atoms with van der Waals surface area (Å²) in [6.07, 6.45) is 2.65. The van der Waals surface area contributed by atoms with Crippen LogP contribution < -0.4 is 0 Å². The molecule has 1 saturated heterocycles. The fourth-order valence-electron chi connectivity index (χ4n) is 2.89. The van der Waals surface area contributed by atoms with Crippen molar-refractivity contribution in [1.82, 2.24) is 9.29 Å². The molecule has 0 saturated carbocycles. The molecule has 7 heteroatoms. The van der Waals surface area contributed by atoms with Crippen molar-refractivity contribution in [2.45, 2.75) is 18.9 Å². The molecule has 1 aliphatic rings. The summed E-state index contributed by atoms with van der Waals surface area (Å²) in [7, 11) is -3.31. The molecule has 1 atom stereocenters. The second kappa shape index (κ2) is 5.98. The van der Waals surface area contributed by atoms with Gasteiger partial charge < -0.3 is 0 Å². The molecule has 1 aromatic carbocycles. The Morgan fingerprint density at radius 2 is 1.96 bits per heavy atom. The summed E-state index contributed by atoms with van der Waals surface area (Å²) in [6, 6.07) is 8.48. The van der Waals surface area contributed by atoms with Crippen LogP contribution >= 0.6 is 0 Å². The first kappa shape index (κ1) is 16.0. The van der Waals surface area contributed by atoms with Crippen LogP contribution in [0.5, 0.6) is 0 Å². The summed E-state index contributed by atoms with van der Waals surface area (Å²) in [5, 5.41) is 0. The van der Waals surface area contributed by atoms with E-state index >= 15 is 0 Å². The van der Waals surface area contributed by atoms with E-state index in [4.69, 9.17) is 0 Å². The van der Waals surface area contributed by atoms with E-state index < -0.39 is 21.7 Å². The molecule has 1 aromatic heterocycles. The molecule has 0 unspecified atom stereocenters. The van der Waals surface area contributed by atoms with Gasteiger partial charge in [-0.1, -0.05) is 6.07 Å². The highest BCUT2D eigenvalue weighted by atomic mass is 32.2. The summed E-state index contributed by atoms with van der Waals surface area (Å²) in [4.78, 5) is 4.46. The van der Waals surface area contributed by atoms with Crippen molar-refractivity contribution in [1.29, 1.82) is 0 Å². The zero-order valence-electron chi connectivity index (χ0n) is 12.5. The van der Waals surface area contributed by atoms with Gasteiger partial charge in [-0.15, -0.1) is 0 Å². The number of pyridine rings is 1. The topological polar surface area (TPSA) is 50.3 Å². The predicted octanol–water partition coefficient (Wildman–Crippen LogP) is 3.12. The molecule has 0 bridgehead atoms. The Labute approximate surface area is 133 Å². The van der Waals surface area contributed by atoms with Crippen LogP contribution in [0.4, 0.5) is 8.78 Å². The van der Waals surface area contributed by atoms with E-state index in [1.807, 2.05) is 0 Å². The van der Waals surface area contributed by atoms with Gasteiger partial charge >= 0.3 is 0 Å². The first-order valence-electron chi connectivity index (χ1n) is 7.25. The molecule has 0 spiro atoms.